The number of nitrogens with zero attached hydrogens (tertiary/aromatic N) is 1. The molecular weight excluding hydrogens is 310 g/mol. The average molecular weight is 339 g/mol. The predicted molar refractivity (Wildman–Crippen MR) is 97.3 cm³/mol. The van der Waals surface area contributed by atoms with Gasteiger partial charge < -0.3 is 9.84 Å². The molecule has 0 amide bonds. The minimum atomic E-state index is -0.939. The molecule has 1 saturated carbocycles. The van der Waals surface area contributed by atoms with Crippen LogP contribution in [0.4, 0.5) is 0 Å². The Kier molecular flexibility index (Phi) is 4.07. The van der Waals surface area contributed by atoms with Gasteiger partial charge in [0.15, 0.2) is 0 Å². The Morgan fingerprint density at radius 1 is 1.36 bits per heavy atom. The van der Waals surface area contributed by atoms with E-state index < -0.39 is 5.60 Å². The number of fused-ring (bicyclic) bond motifs is 5. The average Bonchev–Trinajstić information content (AvgIpc) is 2.94. The Morgan fingerprint density at radius 2 is 2.20 bits per heavy atom. The number of methoxy groups -OCH3 is 1. The summed E-state index contributed by atoms with van der Waals surface area (Å²) < 4.78 is 5.48. The number of hydrogen-bond acceptors (Lipinski definition) is 3. The fourth-order valence-corrected chi connectivity index (χ4v) is 6.57. The van der Waals surface area contributed by atoms with Crippen molar-refractivity contribution in [2.24, 2.45) is 29.1 Å². The third-order valence-corrected chi connectivity index (χ3v) is 7.86. The number of nitriles is 1. The molecule has 0 spiro atoms. The van der Waals surface area contributed by atoms with E-state index in [1.807, 2.05) is 6.08 Å². The highest BCUT2D eigenvalue weighted by atomic mass is 16.5. The van der Waals surface area contributed by atoms with Gasteiger partial charge in [-0.25, -0.2) is 0 Å². The van der Waals surface area contributed by atoms with Crippen LogP contribution in [0.2, 0.25) is 0 Å². The molecule has 1 unspecified atom stereocenters. The third kappa shape index (κ3) is 2.27. The van der Waals surface area contributed by atoms with Crippen LogP contribution in [0.3, 0.4) is 0 Å². The molecule has 0 radical (unpaired) electrons. The van der Waals surface area contributed by atoms with Crippen LogP contribution in [0.15, 0.2) is 35.6 Å². The highest BCUT2D eigenvalue weighted by Gasteiger charge is 2.61. The van der Waals surface area contributed by atoms with Gasteiger partial charge in [-0.15, -0.1) is 0 Å². The second kappa shape index (κ2) is 6.02. The van der Waals surface area contributed by atoms with Gasteiger partial charge in [0.25, 0.3) is 0 Å². The molecule has 0 aliphatic heterocycles. The van der Waals surface area contributed by atoms with Crippen molar-refractivity contribution in [2.75, 3.05) is 7.11 Å². The zero-order chi connectivity index (χ0) is 17.7. The molecule has 0 aromatic heterocycles. The first kappa shape index (κ1) is 16.9. The van der Waals surface area contributed by atoms with Crippen LogP contribution in [0.1, 0.15) is 51.9 Å². The van der Waals surface area contributed by atoms with Gasteiger partial charge in [0.2, 0.25) is 0 Å². The summed E-state index contributed by atoms with van der Waals surface area (Å²) in [6.07, 6.45) is 15.6. The minimum Gasteiger partial charge on any atom is -0.501 e. The molecule has 0 bridgehead atoms. The van der Waals surface area contributed by atoms with Crippen molar-refractivity contribution in [3.63, 3.8) is 0 Å². The number of aliphatic hydroxyl groups is 1. The summed E-state index contributed by atoms with van der Waals surface area (Å²) >= 11 is 0. The fourth-order valence-electron chi connectivity index (χ4n) is 6.57. The first-order valence-corrected chi connectivity index (χ1v) is 9.82. The van der Waals surface area contributed by atoms with E-state index in [4.69, 9.17) is 4.74 Å². The highest BCUT2D eigenvalue weighted by Crippen LogP contribution is 2.64. The van der Waals surface area contributed by atoms with E-state index in [1.165, 1.54) is 18.4 Å². The lowest BCUT2D eigenvalue weighted by Crippen LogP contribution is -2.54. The fraction of sp³-hybridized carbons (Fsp3) is 0.682. The second-order valence-corrected chi connectivity index (χ2v) is 8.42. The number of allylic oxidation sites excluding steroid dienone is 5. The molecule has 0 heterocycles. The lowest BCUT2D eigenvalue weighted by atomic mass is 9.49. The van der Waals surface area contributed by atoms with Crippen molar-refractivity contribution in [2.45, 2.75) is 57.5 Å². The van der Waals surface area contributed by atoms with Crippen LogP contribution >= 0.6 is 0 Å². The summed E-state index contributed by atoms with van der Waals surface area (Å²) in [5, 5.41) is 20.5. The minimum absolute atomic E-state index is 0.141. The molecule has 0 aromatic carbocycles. The van der Waals surface area contributed by atoms with E-state index in [1.54, 1.807) is 7.11 Å². The van der Waals surface area contributed by atoms with E-state index in [9.17, 15) is 10.4 Å². The normalized spacial score (nSPS) is 44.7. The predicted octanol–water partition coefficient (Wildman–Crippen LogP) is 4.51. The Morgan fingerprint density at radius 3 is 2.92 bits per heavy atom. The van der Waals surface area contributed by atoms with Crippen LogP contribution in [-0.4, -0.2) is 17.8 Å². The molecule has 0 aromatic rings. The van der Waals surface area contributed by atoms with Gasteiger partial charge >= 0.3 is 0 Å². The molecule has 25 heavy (non-hydrogen) atoms. The molecule has 0 saturated heterocycles. The van der Waals surface area contributed by atoms with E-state index in [0.717, 1.165) is 31.4 Å². The number of ether oxygens (including phenoxy) is 1. The van der Waals surface area contributed by atoms with Gasteiger partial charge in [-0.1, -0.05) is 25.2 Å². The lowest BCUT2D eigenvalue weighted by Gasteiger charge is -2.56. The summed E-state index contributed by atoms with van der Waals surface area (Å²) in [6, 6.07) is 2.24. The summed E-state index contributed by atoms with van der Waals surface area (Å²) in [7, 11) is 1.77. The maximum absolute atomic E-state index is 11.3. The summed E-state index contributed by atoms with van der Waals surface area (Å²) in [5.74, 6) is 3.46. The number of rotatable bonds is 3. The standard InChI is InChI=1S/C22H29NO2/c1-3-21-10-8-18-17-7-5-16(25-2)14-15(17)4-6-19(18)20(21)9-11-22(21,24)12-13-23/h4,9,11,14,17-20,24H,3,5-8,10,12H2,1-2H3/t17-,18+,19+,20-,21?,22+/m0/s1. The zero-order valence-electron chi connectivity index (χ0n) is 15.4. The quantitative estimate of drug-likeness (QED) is 0.770. The molecule has 4 aliphatic carbocycles. The Hall–Kier alpha value is -1.53. The van der Waals surface area contributed by atoms with Gasteiger partial charge in [0, 0.05) is 11.8 Å². The van der Waals surface area contributed by atoms with E-state index in [0.29, 0.717) is 23.7 Å². The van der Waals surface area contributed by atoms with E-state index in [-0.39, 0.29) is 11.8 Å². The van der Waals surface area contributed by atoms with Crippen molar-refractivity contribution in [3.8, 4) is 6.07 Å². The molecule has 1 fully saturated rings. The largest absolute Gasteiger partial charge is 0.501 e. The van der Waals surface area contributed by atoms with Gasteiger partial charge in [-0.3, -0.25) is 0 Å². The van der Waals surface area contributed by atoms with Gasteiger partial charge in [-0.05, 0) is 67.4 Å². The summed E-state index contributed by atoms with van der Waals surface area (Å²) in [5.41, 5.74) is 0.395. The van der Waals surface area contributed by atoms with Crippen molar-refractivity contribution in [3.05, 3.63) is 35.6 Å². The maximum atomic E-state index is 11.3. The molecule has 4 aliphatic rings. The molecule has 134 valence electrons. The smallest absolute Gasteiger partial charge is 0.102 e. The summed E-state index contributed by atoms with van der Waals surface area (Å²) in [4.78, 5) is 0. The zero-order valence-corrected chi connectivity index (χ0v) is 15.4. The molecule has 1 N–H and O–H groups in total. The van der Waals surface area contributed by atoms with Crippen LogP contribution in [0, 0.1) is 40.4 Å². The third-order valence-electron chi connectivity index (χ3n) is 7.86. The lowest BCUT2D eigenvalue weighted by molar-refractivity contribution is -0.110. The molecule has 3 heteroatoms. The van der Waals surface area contributed by atoms with Crippen LogP contribution in [-0.2, 0) is 4.74 Å². The van der Waals surface area contributed by atoms with Gasteiger partial charge in [0.1, 0.15) is 5.60 Å². The Bertz CT molecular complexity index is 685. The molecule has 6 atom stereocenters. The topological polar surface area (TPSA) is 53.2 Å². The van der Waals surface area contributed by atoms with Crippen LogP contribution in [0.25, 0.3) is 0 Å². The first-order chi connectivity index (χ1) is 12.1. The first-order valence-electron chi connectivity index (χ1n) is 9.82. The van der Waals surface area contributed by atoms with Crippen LogP contribution in [0.5, 0.6) is 0 Å². The van der Waals surface area contributed by atoms with Gasteiger partial charge in [0.05, 0.1) is 25.4 Å². The monoisotopic (exact) mass is 339 g/mol. The Balaban J connectivity index is 1.67. The molecule has 4 rings (SSSR count). The van der Waals surface area contributed by atoms with Crippen molar-refractivity contribution in [1.29, 1.82) is 5.26 Å². The van der Waals surface area contributed by atoms with E-state index >= 15 is 0 Å². The maximum Gasteiger partial charge on any atom is 0.102 e. The van der Waals surface area contributed by atoms with Crippen molar-refractivity contribution >= 4 is 0 Å². The second-order valence-electron chi connectivity index (χ2n) is 8.42. The van der Waals surface area contributed by atoms with Crippen molar-refractivity contribution < 1.29 is 9.84 Å². The summed E-state index contributed by atoms with van der Waals surface area (Å²) in [6.45, 7) is 2.20. The molecule has 3 nitrogen and oxygen atoms in total. The van der Waals surface area contributed by atoms with Gasteiger partial charge in [-0.2, -0.15) is 5.26 Å². The highest BCUT2D eigenvalue weighted by molar-refractivity contribution is 5.34. The Labute approximate surface area is 151 Å². The van der Waals surface area contributed by atoms with Crippen LogP contribution < -0.4 is 0 Å². The van der Waals surface area contributed by atoms with Crippen molar-refractivity contribution in [1.82, 2.24) is 0 Å². The van der Waals surface area contributed by atoms with E-state index in [2.05, 4.69) is 31.2 Å². The molecular formula is C22H29NO2. The number of hydrogen-bond donors (Lipinski definition) is 1. The SMILES string of the molecule is CCC12CC[C@H]3[C@@H](CC=C4C=C(OC)CC[C@@H]43)[C@@H]1C=C[C@@]2(O)CC#N.